The van der Waals surface area contributed by atoms with Gasteiger partial charge >= 0.3 is 6.18 Å². The Morgan fingerprint density at radius 1 is 1.09 bits per heavy atom. The maximum absolute atomic E-state index is 12.7. The van der Waals surface area contributed by atoms with E-state index >= 15 is 0 Å². The summed E-state index contributed by atoms with van der Waals surface area (Å²) in [5, 5.41) is 9.96. The highest BCUT2D eigenvalue weighted by molar-refractivity contribution is 7.14. The van der Waals surface area contributed by atoms with Crippen molar-refractivity contribution in [1.29, 1.82) is 0 Å². The third-order valence-corrected chi connectivity index (χ3v) is 5.00. The third kappa shape index (κ3) is 6.20. The zero-order valence-electron chi connectivity index (χ0n) is 16.8. The molecule has 0 saturated heterocycles. The first-order valence-electron chi connectivity index (χ1n) is 9.33. The molecule has 0 bridgehead atoms. The molecule has 0 radical (unpaired) electrons. The smallest absolute Gasteiger partial charge is 0.416 e. The standard InChI is InChI=1S/C21H19F3N4O3S/c1-31-17-8-3-2-7-15(17)27-20-28-16(12-32-20)19(30)26-11-18(29)25-10-13-5-4-6-14(9-13)21(22,23)24/h2-9,12H,10-11H2,1H3,(H,25,29)(H,26,30)(H,27,28). The van der Waals surface area contributed by atoms with Crippen molar-refractivity contribution in [2.75, 3.05) is 19.0 Å². The van der Waals surface area contributed by atoms with Crippen molar-refractivity contribution < 1.29 is 27.5 Å². The van der Waals surface area contributed by atoms with E-state index < -0.39 is 23.6 Å². The molecule has 1 aromatic heterocycles. The second-order valence-corrected chi connectivity index (χ2v) is 7.38. The van der Waals surface area contributed by atoms with E-state index in [9.17, 15) is 22.8 Å². The van der Waals surface area contributed by atoms with E-state index in [0.29, 0.717) is 22.1 Å². The molecule has 3 aromatic rings. The van der Waals surface area contributed by atoms with Gasteiger partial charge in [-0.05, 0) is 29.8 Å². The Hall–Kier alpha value is -3.60. The van der Waals surface area contributed by atoms with Gasteiger partial charge in [-0.15, -0.1) is 11.3 Å². The molecule has 0 atom stereocenters. The van der Waals surface area contributed by atoms with Crippen LogP contribution < -0.4 is 20.7 Å². The van der Waals surface area contributed by atoms with Crippen LogP contribution in [0.5, 0.6) is 5.75 Å². The summed E-state index contributed by atoms with van der Waals surface area (Å²) >= 11 is 1.21. The van der Waals surface area contributed by atoms with Crippen LogP contribution in [-0.2, 0) is 17.5 Å². The SMILES string of the molecule is COc1ccccc1Nc1nc(C(=O)NCC(=O)NCc2cccc(C(F)(F)F)c2)cs1. The lowest BCUT2D eigenvalue weighted by molar-refractivity contribution is -0.137. The fourth-order valence-corrected chi connectivity index (χ4v) is 3.37. The van der Waals surface area contributed by atoms with E-state index in [0.717, 1.165) is 12.1 Å². The second-order valence-electron chi connectivity index (χ2n) is 6.52. The molecule has 2 amide bonds. The first-order chi connectivity index (χ1) is 15.3. The minimum Gasteiger partial charge on any atom is -0.495 e. The Balaban J connectivity index is 1.49. The van der Waals surface area contributed by atoms with Crippen LogP contribution in [0, 0.1) is 0 Å². The fourth-order valence-electron chi connectivity index (χ4n) is 2.67. The Morgan fingerprint density at radius 2 is 1.88 bits per heavy atom. The summed E-state index contributed by atoms with van der Waals surface area (Å²) in [4.78, 5) is 28.4. The molecule has 0 saturated carbocycles. The number of halogens is 3. The molecule has 7 nitrogen and oxygen atoms in total. The summed E-state index contributed by atoms with van der Waals surface area (Å²) in [5.41, 5.74) is 0.313. The summed E-state index contributed by atoms with van der Waals surface area (Å²) in [7, 11) is 1.54. The Labute approximate surface area is 185 Å². The van der Waals surface area contributed by atoms with E-state index in [1.807, 2.05) is 12.1 Å². The molecule has 0 spiro atoms. The zero-order chi connectivity index (χ0) is 23.1. The lowest BCUT2D eigenvalue weighted by Crippen LogP contribution is -2.36. The summed E-state index contributed by atoms with van der Waals surface area (Å²) in [5.74, 6) is -0.479. The number of carbonyl (C=O) groups is 2. The van der Waals surface area contributed by atoms with Crippen molar-refractivity contribution in [2.45, 2.75) is 12.7 Å². The maximum Gasteiger partial charge on any atom is 0.416 e. The molecule has 11 heteroatoms. The number of amides is 2. The van der Waals surface area contributed by atoms with Crippen LogP contribution in [0.25, 0.3) is 0 Å². The van der Waals surface area contributed by atoms with Gasteiger partial charge in [0.15, 0.2) is 5.13 Å². The number of thiazole rings is 1. The first-order valence-corrected chi connectivity index (χ1v) is 10.2. The van der Waals surface area contributed by atoms with Gasteiger partial charge in [-0.25, -0.2) is 4.98 Å². The van der Waals surface area contributed by atoms with E-state index in [2.05, 4.69) is 20.9 Å². The minimum atomic E-state index is -4.46. The number of anilines is 2. The molecule has 3 rings (SSSR count). The highest BCUT2D eigenvalue weighted by Gasteiger charge is 2.30. The van der Waals surface area contributed by atoms with Gasteiger partial charge in [-0.1, -0.05) is 24.3 Å². The maximum atomic E-state index is 12.7. The highest BCUT2D eigenvalue weighted by atomic mass is 32.1. The van der Waals surface area contributed by atoms with Gasteiger partial charge in [0, 0.05) is 11.9 Å². The second kappa shape index (κ2) is 10.1. The van der Waals surface area contributed by atoms with Crippen molar-refractivity contribution in [2.24, 2.45) is 0 Å². The number of nitrogens with zero attached hydrogens (tertiary/aromatic N) is 1. The molecule has 0 aliphatic rings. The van der Waals surface area contributed by atoms with Crippen molar-refractivity contribution in [1.82, 2.24) is 15.6 Å². The van der Waals surface area contributed by atoms with E-state index in [1.165, 1.54) is 28.8 Å². The molecule has 1 heterocycles. The number of ether oxygens (including phenoxy) is 1. The van der Waals surface area contributed by atoms with Crippen molar-refractivity contribution in [3.05, 3.63) is 70.7 Å². The monoisotopic (exact) mass is 464 g/mol. The predicted octanol–water partition coefficient (Wildman–Crippen LogP) is 3.96. The van der Waals surface area contributed by atoms with E-state index in [4.69, 9.17) is 4.74 Å². The Kier molecular flexibility index (Phi) is 7.31. The van der Waals surface area contributed by atoms with Crippen LogP contribution in [-0.4, -0.2) is 30.5 Å². The Morgan fingerprint density at radius 3 is 2.62 bits per heavy atom. The number of nitrogens with one attached hydrogen (secondary N) is 3. The predicted molar refractivity (Wildman–Crippen MR) is 114 cm³/mol. The van der Waals surface area contributed by atoms with Crippen LogP contribution in [0.2, 0.25) is 0 Å². The number of para-hydroxylation sites is 2. The summed E-state index contributed by atoms with van der Waals surface area (Å²) in [6, 6.07) is 11.9. The molecule has 0 unspecified atom stereocenters. The molecule has 0 aliphatic carbocycles. The average molecular weight is 464 g/mol. The van der Waals surface area contributed by atoms with Crippen molar-refractivity contribution in [3.63, 3.8) is 0 Å². The molecule has 0 aliphatic heterocycles. The Bertz CT molecular complexity index is 1100. The lowest BCUT2D eigenvalue weighted by Gasteiger charge is -2.10. The number of benzene rings is 2. The van der Waals surface area contributed by atoms with Gasteiger partial charge in [-0.2, -0.15) is 13.2 Å². The molecule has 2 aromatic carbocycles. The molecule has 3 N–H and O–H groups in total. The van der Waals surface area contributed by atoms with Gasteiger partial charge < -0.3 is 20.7 Å². The van der Waals surface area contributed by atoms with Crippen molar-refractivity contribution in [3.8, 4) is 5.75 Å². The largest absolute Gasteiger partial charge is 0.495 e. The van der Waals surface area contributed by atoms with E-state index in [1.54, 1.807) is 19.2 Å². The van der Waals surface area contributed by atoms with Gasteiger partial charge in [-0.3, -0.25) is 9.59 Å². The number of methoxy groups -OCH3 is 1. The third-order valence-electron chi connectivity index (χ3n) is 4.24. The number of hydrogen-bond acceptors (Lipinski definition) is 6. The average Bonchev–Trinajstić information content (AvgIpc) is 3.24. The first kappa shape index (κ1) is 23.1. The van der Waals surface area contributed by atoms with Gasteiger partial charge in [0.2, 0.25) is 5.91 Å². The van der Waals surface area contributed by atoms with Gasteiger partial charge in [0.1, 0.15) is 11.4 Å². The molecule has 32 heavy (non-hydrogen) atoms. The normalized spacial score (nSPS) is 11.0. The number of carbonyl (C=O) groups excluding carboxylic acids is 2. The molecule has 0 fully saturated rings. The van der Waals surface area contributed by atoms with Crippen LogP contribution in [0.15, 0.2) is 53.9 Å². The minimum absolute atomic E-state index is 0.0949. The van der Waals surface area contributed by atoms with Gasteiger partial charge in [0.05, 0.1) is 24.9 Å². The number of aromatic nitrogens is 1. The molecule has 168 valence electrons. The highest BCUT2D eigenvalue weighted by Crippen LogP contribution is 2.30. The van der Waals surface area contributed by atoms with Crippen LogP contribution in [0.3, 0.4) is 0 Å². The summed E-state index contributed by atoms with van der Waals surface area (Å²) in [6.07, 6.45) is -4.46. The van der Waals surface area contributed by atoms with Crippen LogP contribution in [0.1, 0.15) is 21.6 Å². The topological polar surface area (TPSA) is 92.3 Å². The summed E-state index contributed by atoms with van der Waals surface area (Å²) < 4.78 is 43.5. The lowest BCUT2D eigenvalue weighted by atomic mass is 10.1. The number of alkyl halides is 3. The number of hydrogen-bond donors (Lipinski definition) is 3. The van der Waals surface area contributed by atoms with Gasteiger partial charge in [0.25, 0.3) is 5.91 Å². The molecular formula is C21H19F3N4O3S. The fraction of sp³-hybridized carbons (Fsp3) is 0.190. The van der Waals surface area contributed by atoms with Crippen LogP contribution in [0.4, 0.5) is 24.0 Å². The van der Waals surface area contributed by atoms with E-state index in [-0.39, 0.29) is 18.8 Å². The van der Waals surface area contributed by atoms with Crippen LogP contribution >= 0.6 is 11.3 Å². The quantitative estimate of drug-likeness (QED) is 0.469. The number of rotatable bonds is 8. The van der Waals surface area contributed by atoms with Crippen molar-refractivity contribution >= 4 is 34.0 Å². The molecular weight excluding hydrogens is 445 g/mol. The zero-order valence-corrected chi connectivity index (χ0v) is 17.6. The summed E-state index contributed by atoms with van der Waals surface area (Å²) in [6.45, 7) is -0.438.